The van der Waals surface area contributed by atoms with Gasteiger partial charge >= 0.3 is 0 Å². The first kappa shape index (κ1) is 10.9. The second kappa shape index (κ2) is 4.08. The summed E-state index contributed by atoms with van der Waals surface area (Å²) < 4.78 is 0.778. The highest BCUT2D eigenvalue weighted by Crippen LogP contribution is 2.38. The predicted octanol–water partition coefficient (Wildman–Crippen LogP) is 4.36. The lowest BCUT2D eigenvalue weighted by molar-refractivity contribution is -0.384. The van der Waals surface area contributed by atoms with Crippen LogP contribution in [0.5, 0.6) is 0 Å². The van der Waals surface area contributed by atoms with Crippen LogP contribution in [0.15, 0.2) is 17.5 Å². The van der Waals surface area contributed by atoms with Gasteiger partial charge in [0.2, 0.25) is 0 Å². The molecule has 78 valence electrons. The minimum absolute atomic E-state index is 0.0351. The Morgan fingerprint density at radius 1 is 1.53 bits per heavy atom. The third-order valence-corrected chi connectivity index (χ3v) is 4.24. The molecule has 2 rings (SSSR count). The number of thiophene rings is 1. The number of rotatable bonds is 2. The van der Waals surface area contributed by atoms with E-state index >= 15 is 0 Å². The quantitative estimate of drug-likeness (QED) is 0.470. The molecule has 0 aliphatic rings. The Bertz CT molecular complexity index is 540. The number of hydrogen-bond acceptors (Lipinski definition) is 3. The highest BCUT2D eigenvalue weighted by molar-refractivity contribution is 9.08. The van der Waals surface area contributed by atoms with Gasteiger partial charge in [0.25, 0.3) is 5.69 Å². The Labute approximate surface area is 103 Å². The van der Waals surface area contributed by atoms with Gasteiger partial charge in [-0.1, -0.05) is 27.5 Å². The van der Waals surface area contributed by atoms with E-state index in [-0.39, 0.29) is 10.7 Å². The van der Waals surface area contributed by atoms with Gasteiger partial charge in [-0.15, -0.1) is 11.3 Å². The zero-order valence-electron chi connectivity index (χ0n) is 7.37. The van der Waals surface area contributed by atoms with Crippen molar-refractivity contribution in [3.05, 3.63) is 38.2 Å². The number of halogens is 2. The zero-order valence-corrected chi connectivity index (χ0v) is 10.5. The van der Waals surface area contributed by atoms with Crippen molar-refractivity contribution in [2.75, 3.05) is 0 Å². The lowest BCUT2D eigenvalue weighted by Gasteiger charge is -1.97. The molecule has 0 N–H and O–H groups in total. The second-order valence-electron chi connectivity index (χ2n) is 2.93. The lowest BCUT2D eigenvalue weighted by atomic mass is 10.2. The molecular formula is C9H5BrClNO2S. The van der Waals surface area contributed by atoms with Crippen LogP contribution >= 0.6 is 38.9 Å². The van der Waals surface area contributed by atoms with Crippen LogP contribution in [-0.4, -0.2) is 4.92 Å². The average Bonchev–Trinajstić information content (AvgIpc) is 2.61. The predicted molar refractivity (Wildman–Crippen MR) is 66.1 cm³/mol. The molecule has 0 saturated heterocycles. The van der Waals surface area contributed by atoms with Crippen LogP contribution < -0.4 is 0 Å². The van der Waals surface area contributed by atoms with Crippen molar-refractivity contribution in [3.8, 4) is 0 Å². The topological polar surface area (TPSA) is 43.1 Å². The molecule has 1 aromatic carbocycles. The summed E-state index contributed by atoms with van der Waals surface area (Å²) in [5, 5.41) is 14.5. The smallest absolute Gasteiger partial charge is 0.258 e. The molecule has 0 unspecified atom stereocenters. The fourth-order valence-electron chi connectivity index (χ4n) is 1.35. The summed E-state index contributed by atoms with van der Waals surface area (Å²) >= 11 is 10.8. The molecule has 0 amide bonds. The summed E-state index contributed by atoms with van der Waals surface area (Å²) in [5.74, 6) is 0. The van der Waals surface area contributed by atoms with Gasteiger partial charge in [-0.05, 0) is 22.4 Å². The van der Waals surface area contributed by atoms with Crippen LogP contribution in [-0.2, 0) is 5.33 Å². The van der Waals surface area contributed by atoms with Gasteiger partial charge in [-0.2, -0.15) is 0 Å². The monoisotopic (exact) mass is 305 g/mol. The fourth-order valence-corrected chi connectivity index (χ4v) is 3.40. The summed E-state index contributed by atoms with van der Waals surface area (Å²) in [6, 6.07) is 3.19. The van der Waals surface area contributed by atoms with E-state index in [0.717, 1.165) is 21.0 Å². The van der Waals surface area contributed by atoms with Gasteiger partial charge < -0.3 is 0 Å². The molecule has 1 aromatic heterocycles. The summed E-state index contributed by atoms with van der Waals surface area (Å²) in [5.41, 5.74) is 1.07. The second-order valence-corrected chi connectivity index (χ2v) is 4.75. The minimum Gasteiger partial charge on any atom is -0.258 e. The van der Waals surface area contributed by atoms with Gasteiger partial charge in [-0.3, -0.25) is 10.1 Å². The Hall–Kier alpha value is -0.650. The molecule has 0 spiro atoms. The number of nitro groups is 1. The van der Waals surface area contributed by atoms with Gasteiger partial charge in [0, 0.05) is 11.4 Å². The van der Waals surface area contributed by atoms with E-state index in [9.17, 15) is 10.1 Å². The molecule has 0 radical (unpaired) electrons. The summed E-state index contributed by atoms with van der Waals surface area (Å²) in [7, 11) is 0. The number of nitrogens with zero attached hydrogens (tertiary/aromatic N) is 1. The third kappa shape index (κ3) is 1.75. The average molecular weight is 307 g/mol. The lowest BCUT2D eigenvalue weighted by Crippen LogP contribution is -1.88. The molecular weight excluding hydrogens is 302 g/mol. The Morgan fingerprint density at radius 2 is 2.27 bits per heavy atom. The molecule has 0 aliphatic heterocycles. The summed E-state index contributed by atoms with van der Waals surface area (Å²) in [6.07, 6.45) is 0. The summed E-state index contributed by atoms with van der Waals surface area (Å²) in [6.45, 7) is 0. The number of nitro benzene ring substituents is 1. The highest BCUT2D eigenvalue weighted by atomic mass is 79.9. The van der Waals surface area contributed by atoms with Gasteiger partial charge in [0.15, 0.2) is 0 Å². The molecule has 3 nitrogen and oxygen atoms in total. The number of benzene rings is 1. The van der Waals surface area contributed by atoms with Crippen LogP contribution in [0.2, 0.25) is 5.02 Å². The molecule has 6 heteroatoms. The van der Waals surface area contributed by atoms with Crippen molar-refractivity contribution in [2.24, 2.45) is 0 Å². The Kier molecular flexibility index (Phi) is 2.95. The third-order valence-electron chi connectivity index (χ3n) is 2.08. The van der Waals surface area contributed by atoms with Crippen LogP contribution in [0.25, 0.3) is 10.1 Å². The number of alkyl halides is 1. The molecule has 0 atom stereocenters. The maximum atomic E-state index is 10.7. The van der Waals surface area contributed by atoms with E-state index in [0.29, 0.717) is 0 Å². The largest absolute Gasteiger partial charge is 0.289 e. The van der Waals surface area contributed by atoms with E-state index in [4.69, 9.17) is 11.6 Å². The van der Waals surface area contributed by atoms with Crippen LogP contribution in [0.1, 0.15) is 5.56 Å². The summed E-state index contributed by atoms with van der Waals surface area (Å²) in [4.78, 5) is 10.2. The van der Waals surface area contributed by atoms with Crippen LogP contribution in [0, 0.1) is 10.1 Å². The molecule has 2 aromatic rings. The van der Waals surface area contributed by atoms with E-state index in [1.807, 2.05) is 5.38 Å². The molecule has 0 fully saturated rings. The van der Waals surface area contributed by atoms with Crippen molar-refractivity contribution < 1.29 is 4.92 Å². The van der Waals surface area contributed by atoms with Crippen molar-refractivity contribution in [1.29, 1.82) is 0 Å². The van der Waals surface area contributed by atoms with Crippen LogP contribution in [0.4, 0.5) is 5.69 Å². The van der Waals surface area contributed by atoms with Crippen molar-refractivity contribution in [2.45, 2.75) is 5.33 Å². The first-order chi connectivity index (χ1) is 7.15. The van der Waals surface area contributed by atoms with E-state index in [1.165, 1.54) is 17.4 Å². The maximum absolute atomic E-state index is 10.7. The van der Waals surface area contributed by atoms with E-state index < -0.39 is 4.92 Å². The van der Waals surface area contributed by atoms with Gasteiger partial charge in [0.05, 0.1) is 9.62 Å². The molecule has 15 heavy (non-hydrogen) atoms. The van der Waals surface area contributed by atoms with Gasteiger partial charge in [-0.25, -0.2) is 0 Å². The molecule has 1 heterocycles. The number of hydrogen-bond donors (Lipinski definition) is 0. The number of fused-ring (bicyclic) bond motifs is 1. The first-order valence-electron chi connectivity index (χ1n) is 4.04. The maximum Gasteiger partial charge on any atom is 0.289 e. The fraction of sp³-hybridized carbons (Fsp3) is 0.111. The Morgan fingerprint density at radius 3 is 2.87 bits per heavy atom. The van der Waals surface area contributed by atoms with Crippen LogP contribution in [0.3, 0.4) is 0 Å². The van der Waals surface area contributed by atoms with Gasteiger partial charge in [0.1, 0.15) is 5.02 Å². The molecule has 0 bridgehead atoms. The van der Waals surface area contributed by atoms with E-state index in [2.05, 4.69) is 15.9 Å². The standard InChI is InChI=1S/C9H5BrClNO2S/c10-3-5-4-15-9-6(5)1-2-7(8(9)11)12(13)14/h1-2,4H,3H2. The zero-order chi connectivity index (χ0) is 11.0. The van der Waals surface area contributed by atoms with Crippen molar-refractivity contribution in [1.82, 2.24) is 0 Å². The molecule has 0 saturated carbocycles. The normalized spacial score (nSPS) is 10.8. The Balaban J connectivity index is 2.75. The van der Waals surface area contributed by atoms with Crippen molar-refractivity contribution >= 4 is 54.6 Å². The van der Waals surface area contributed by atoms with E-state index in [1.54, 1.807) is 6.07 Å². The first-order valence-corrected chi connectivity index (χ1v) is 6.42. The molecule has 0 aliphatic carbocycles. The SMILES string of the molecule is O=[N+]([O-])c1ccc2c(CBr)csc2c1Cl. The highest BCUT2D eigenvalue weighted by Gasteiger charge is 2.17. The van der Waals surface area contributed by atoms with Crippen molar-refractivity contribution in [3.63, 3.8) is 0 Å². The minimum atomic E-state index is -0.463.